The highest BCUT2D eigenvalue weighted by Gasteiger charge is 2.16. The van der Waals surface area contributed by atoms with E-state index in [1.54, 1.807) is 30.8 Å². The number of rotatable bonds is 6. The molecule has 0 saturated heterocycles. The molecular weight excluding hydrogens is 338 g/mol. The van der Waals surface area contributed by atoms with Crippen LogP contribution in [0.15, 0.2) is 48.0 Å². The zero-order valence-corrected chi connectivity index (χ0v) is 14.7. The Hall–Kier alpha value is -2.93. The maximum Gasteiger partial charge on any atom is 0.275 e. The van der Waals surface area contributed by atoms with E-state index in [1.807, 2.05) is 31.2 Å². The maximum atomic E-state index is 12.5. The van der Waals surface area contributed by atoms with Crippen LogP contribution in [0, 0.1) is 0 Å². The van der Waals surface area contributed by atoms with Crippen molar-refractivity contribution in [2.45, 2.75) is 6.92 Å². The lowest BCUT2D eigenvalue weighted by Gasteiger charge is -2.09. The summed E-state index contributed by atoms with van der Waals surface area (Å²) in [5.74, 6) is 0.791. The van der Waals surface area contributed by atoms with Gasteiger partial charge in [0.2, 0.25) is 5.88 Å². The fraction of sp³-hybridized carbons (Fsp3) is 0.167. The normalized spacial score (nSPS) is 10.3. The minimum atomic E-state index is -0.314. The number of benzene rings is 1. The molecule has 2 aromatic heterocycles. The van der Waals surface area contributed by atoms with Crippen LogP contribution in [-0.4, -0.2) is 29.6 Å². The molecule has 0 spiro atoms. The van der Waals surface area contributed by atoms with Crippen LogP contribution >= 0.6 is 11.3 Å². The molecule has 0 radical (unpaired) electrons. The van der Waals surface area contributed by atoms with Crippen LogP contribution in [0.4, 0.5) is 5.69 Å². The number of carbonyl (C=O) groups excluding carboxylic acids is 1. The Morgan fingerprint density at radius 2 is 2.08 bits per heavy atom. The van der Waals surface area contributed by atoms with E-state index in [4.69, 9.17) is 9.47 Å². The van der Waals surface area contributed by atoms with Gasteiger partial charge in [0, 0.05) is 11.6 Å². The second-order valence-electron chi connectivity index (χ2n) is 4.98. The van der Waals surface area contributed by atoms with Crippen LogP contribution in [-0.2, 0) is 0 Å². The third-order valence-corrected chi connectivity index (χ3v) is 4.25. The lowest BCUT2D eigenvalue weighted by atomic mass is 10.2. The van der Waals surface area contributed by atoms with Crippen LogP contribution in [0.1, 0.15) is 17.4 Å². The number of hydrogen-bond acceptors (Lipinski definition) is 6. The van der Waals surface area contributed by atoms with Crippen molar-refractivity contribution in [1.82, 2.24) is 9.97 Å². The molecule has 7 heteroatoms. The summed E-state index contributed by atoms with van der Waals surface area (Å²) in [6.45, 7) is 2.33. The first-order valence-electron chi connectivity index (χ1n) is 7.71. The summed E-state index contributed by atoms with van der Waals surface area (Å²) >= 11 is 1.39. The number of amides is 1. The average molecular weight is 355 g/mol. The summed E-state index contributed by atoms with van der Waals surface area (Å²) in [7, 11) is 1.61. The molecule has 1 N–H and O–H groups in total. The second kappa shape index (κ2) is 7.76. The number of pyridine rings is 1. The predicted molar refractivity (Wildman–Crippen MR) is 97.5 cm³/mol. The van der Waals surface area contributed by atoms with E-state index < -0.39 is 0 Å². The molecule has 0 bridgehead atoms. The number of thiazole rings is 1. The van der Waals surface area contributed by atoms with Crippen LogP contribution in [0.3, 0.4) is 0 Å². The van der Waals surface area contributed by atoms with E-state index in [2.05, 4.69) is 15.3 Å². The summed E-state index contributed by atoms with van der Waals surface area (Å²) in [4.78, 5) is 21.0. The molecule has 0 saturated carbocycles. The van der Waals surface area contributed by atoms with E-state index in [-0.39, 0.29) is 5.91 Å². The van der Waals surface area contributed by atoms with Crippen molar-refractivity contribution < 1.29 is 14.3 Å². The third kappa shape index (κ3) is 3.77. The summed E-state index contributed by atoms with van der Waals surface area (Å²) < 4.78 is 10.8. The number of nitrogens with zero attached hydrogens (tertiary/aromatic N) is 2. The molecule has 128 valence electrons. The molecule has 6 nitrogen and oxygen atoms in total. The lowest BCUT2D eigenvalue weighted by Crippen LogP contribution is -2.13. The molecule has 0 atom stereocenters. The summed E-state index contributed by atoms with van der Waals surface area (Å²) in [6, 6.07) is 11.0. The maximum absolute atomic E-state index is 12.5. The van der Waals surface area contributed by atoms with Crippen molar-refractivity contribution in [2.75, 3.05) is 19.0 Å². The van der Waals surface area contributed by atoms with Gasteiger partial charge in [0.05, 0.1) is 19.3 Å². The van der Waals surface area contributed by atoms with Crippen molar-refractivity contribution in [3.8, 4) is 22.2 Å². The largest absolute Gasteiger partial charge is 0.496 e. The quantitative estimate of drug-likeness (QED) is 0.727. The van der Waals surface area contributed by atoms with Gasteiger partial charge >= 0.3 is 0 Å². The fourth-order valence-corrected chi connectivity index (χ4v) is 3.08. The zero-order chi connectivity index (χ0) is 17.6. The molecule has 25 heavy (non-hydrogen) atoms. The SMILES string of the molecule is CCOc1ncccc1NC(=O)c1csc(-c2ccccc2OC)n1. The molecule has 3 rings (SSSR count). The lowest BCUT2D eigenvalue weighted by molar-refractivity contribution is 0.102. The first-order valence-corrected chi connectivity index (χ1v) is 8.59. The highest BCUT2D eigenvalue weighted by atomic mass is 32.1. The first-order chi connectivity index (χ1) is 12.2. The van der Waals surface area contributed by atoms with Gasteiger partial charge < -0.3 is 14.8 Å². The fourth-order valence-electron chi connectivity index (χ4n) is 2.25. The van der Waals surface area contributed by atoms with E-state index in [0.29, 0.717) is 23.9 Å². The third-order valence-electron chi connectivity index (χ3n) is 3.37. The molecule has 2 heterocycles. The van der Waals surface area contributed by atoms with Crippen molar-refractivity contribution in [3.05, 3.63) is 53.7 Å². The average Bonchev–Trinajstić information content (AvgIpc) is 3.13. The number of methoxy groups -OCH3 is 1. The number of carbonyl (C=O) groups is 1. The number of hydrogen-bond donors (Lipinski definition) is 1. The number of nitrogens with one attached hydrogen (secondary N) is 1. The molecule has 0 aliphatic heterocycles. The zero-order valence-electron chi connectivity index (χ0n) is 13.9. The molecule has 1 aromatic carbocycles. The van der Waals surface area contributed by atoms with Gasteiger partial charge in [0.25, 0.3) is 5.91 Å². The van der Waals surface area contributed by atoms with Crippen LogP contribution < -0.4 is 14.8 Å². The van der Waals surface area contributed by atoms with Gasteiger partial charge in [-0.1, -0.05) is 12.1 Å². The predicted octanol–water partition coefficient (Wildman–Crippen LogP) is 3.86. The topological polar surface area (TPSA) is 73.3 Å². The van der Waals surface area contributed by atoms with Crippen LogP contribution in [0.5, 0.6) is 11.6 Å². The van der Waals surface area contributed by atoms with Gasteiger partial charge in [0.15, 0.2) is 0 Å². The Morgan fingerprint density at radius 3 is 2.88 bits per heavy atom. The number of aromatic nitrogens is 2. The minimum Gasteiger partial charge on any atom is -0.496 e. The molecular formula is C18H17N3O3S. The Kier molecular flexibility index (Phi) is 5.25. The Balaban J connectivity index is 1.82. The monoisotopic (exact) mass is 355 g/mol. The summed E-state index contributed by atoms with van der Waals surface area (Å²) in [5.41, 5.74) is 1.70. The Labute approximate surface area is 149 Å². The highest BCUT2D eigenvalue weighted by Crippen LogP contribution is 2.32. The van der Waals surface area contributed by atoms with Gasteiger partial charge in [-0.05, 0) is 31.2 Å². The standard InChI is InChI=1S/C18H17N3O3S/c1-3-24-17-13(8-6-10-19-17)20-16(22)14-11-25-18(21-14)12-7-4-5-9-15(12)23-2/h4-11H,3H2,1-2H3,(H,20,22). The summed E-state index contributed by atoms with van der Waals surface area (Å²) in [5, 5.41) is 5.23. The van der Waals surface area contributed by atoms with Gasteiger partial charge in [-0.25, -0.2) is 9.97 Å². The van der Waals surface area contributed by atoms with Crippen molar-refractivity contribution >= 4 is 22.9 Å². The molecule has 0 unspecified atom stereocenters. The Bertz CT molecular complexity index is 879. The highest BCUT2D eigenvalue weighted by molar-refractivity contribution is 7.13. The van der Waals surface area contributed by atoms with E-state index in [1.165, 1.54) is 11.3 Å². The van der Waals surface area contributed by atoms with Gasteiger partial charge in [0.1, 0.15) is 22.1 Å². The smallest absolute Gasteiger partial charge is 0.275 e. The number of para-hydroxylation sites is 1. The molecule has 0 fully saturated rings. The first kappa shape index (κ1) is 16.9. The van der Waals surface area contributed by atoms with Gasteiger partial charge in [-0.2, -0.15) is 0 Å². The van der Waals surface area contributed by atoms with Crippen molar-refractivity contribution in [2.24, 2.45) is 0 Å². The second-order valence-corrected chi connectivity index (χ2v) is 5.84. The van der Waals surface area contributed by atoms with Gasteiger partial charge in [-0.15, -0.1) is 11.3 Å². The molecule has 3 aromatic rings. The van der Waals surface area contributed by atoms with Crippen molar-refractivity contribution in [1.29, 1.82) is 0 Å². The number of ether oxygens (including phenoxy) is 2. The molecule has 0 aliphatic carbocycles. The number of anilines is 1. The van der Waals surface area contributed by atoms with E-state index in [0.717, 1.165) is 16.3 Å². The van der Waals surface area contributed by atoms with E-state index in [9.17, 15) is 4.79 Å². The Morgan fingerprint density at radius 1 is 1.24 bits per heavy atom. The van der Waals surface area contributed by atoms with Crippen LogP contribution in [0.25, 0.3) is 10.6 Å². The van der Waals surface area contributed by atoms with E-state index >= 15 is 0 Å². The molecule has 1 amide bonds. The summed E-state index contributed by atoms with van der Waals surface area (Å²) in [6.07, 6.45) is 1.61. The van der Waals surface area contributed by atoms with Crippen LogP contribution in [0.2, 0.25) is 0 Å². The molecule has 0 aliphatic rings. The van der Waals surface area contributed by atoms with Gasteiger partial charge in [-0.3, -0.25) is 4.79 Å². The minimum absolute atomic E-state index is 0.314. The van der Waals surface area contributed by atoms with Crippen molar-refractivity contribution in [3.63, 3.8) is 0 Å².